The molecule has 2 atom stereocenters. The maximum atomic E-state index is 5.26. The van der Waals surface area contributed by atoms with Crippen molar-refractivity contribution in [3.05, 3.63) is 41.6 Å². The Morgan fingerprint density at radius 3 is 3.09 bits per heavy atom. The molecule has 114 valence electrons. The SMILES string of the molecule is CNC(=S)N[C@H]1C=C2c3cccc4[nH]cc(c34)C[C@H]2N(C)C1. The highest BCUT2D eigenvalue weighted by molar-refractivity contribution is 7.80. The van der Waals surface area contributed by atoms with E-state index in [1.54, 1.807) is 0 Å². The van der Waals surface area contributed by atoms with Crippen LogP contribution < -0.4 is 10.6 Å². The number of hydrogen-bond acceptors (Lipinski definition) is 2. The van der Waals surface area contributed by atoms with Crippen molar-refractivity contribution in [3.8, 4) is 0 Å². The van der Waals surface area contributed by atoms with Crippen molar-refractivity contribution in [1.29, 1.82) is 0 Å². The zero-order valence-electron chi connectivity index (χ0n) is 12.8. The highest BCUT2D eigenvalue weighted by atomic mass is 32.1. The molecule has 22 heavy (non-hydrogen) atoms. The van der Waals surface area contributed by atoms with E-state index in [-0.39, 0.29) is 6.04 Å². The number of H-pyrrole nitrogens is 1. The van der Waals surface area contributed by atoms with Crippen LogP contribution in [0.4, 0.5) is 0 Å². The van der Waals surface area contributed by atoms with Gasteiger partial charge in [-0.2, -0.15) is 0 Å². The van der Waals surface area contributed by atoms with Crippen molar-refractivity contribution in [2.75, 3.05) is 20.6 Å². The van der Waals surface area contributed by atoms with Gasteiger partial charge < -0.3 is 15.6 Å². The molecular formula is C17H20N4S. The van der Waals surface area contributed by atoms with Gasteiger partial charge in [0.15, 0.2) is 5.11 Å². The minimum absolute atomic E-state index is 0.243. The molecule has 0 saturated heterocycles. The van der Waals surface area contributed by atoms with Crippen molar-refractivity contribution in [2.45, 2.75) is 18.5 Å². The third-order valence-corrected chi connectivity index (χ3v) is 5.13. The number of aromatic amines is 1. The normalized spacial score (nSPS) is 23.8. The fourth-order valence-corrected chi connectivity index (χ4v) is 3.94. The molecule has 0 unspecified atom stereocenters. The molecule has 0 spiro atoms. The molecule has 4 rings (SSSR count). The molecule has 2 aromatic rings. The van der Waals surface area contributed by atoms with E-state index in [0.717, 1.165) is 13.0 Å². The second kappa shape index (κ2) is 5.11. The first-order valence-corrected chi connectivity index (χ1v) is 8.07. The van der Waals surface area contributed by atoms with Gasteiger partial charge in [0.25, 0.3) is 0 Å². The number of nitrogens with zero attached hydrogens (tertiary/aromatic N) is 1. The zero-order chi connectivity index (χ0) is 15.3. The van der Waals surface area contributed by atoms with Gasteiger partial charge >= 0.3 is 0 Å². The molecule has 2 aliphatic rings. The summed E-state index contributed by atoms with van der Waals surface area (Å²) < 4.78 is 0. The molecule has 1 aromatic carbocycles. The van der Waals surface area contributed by atoms with Gasteiger partial charge in [-0.3, -0.25) is 4.90 Å². The van der Waals surface area contributed by atoms with E-state index >= 15 is 0 Å². The van der Waals surface area contributed by atoms with Gasteiger partial charge in [0.05, 0.1) is 6.04 Å². The van der Waals surface area contributed by atoms with Crippen molar-refractivity contribution in [3.63, 3.8) is 0 Å². The molecule has 0 saturated carbocycles. The largest absolute Gasteiger partial charge is 0.366 e. The number of rotatable bonds is 1. The number of thiocarbonyl (C=S) groups is 1. The van der Waals surface area contributed by atoms with E-state index in [9.17, 15) is 0 Å². The second-order valence-electron chi connectivity index (χ2n) is 6.15. The number of benzene rings is 1. The van der Waals surface area contributed by atoms with Crippen molar-refractivity contribution >= 4 is 33.8 Å². The Morgan fingerprint density at radius 2 is 2.27 bits per heavy atom. The summed E-state index contributed by atoms with van der Waals surface area (Å²) in [4.78, 5) is 5.84. The molecule has 0 bridgehead atoms. The average Bonchev–Trinajstić information content (AvgIpc) is 2.93. The minimum atomic E-state index is 0.243. The van der Waals surface area contributed by atoms with E-state index in [2.05, 4.69) is 58.0 Å². The first-order valence-electron chi connectivity index (χ1n) is 7.67. The van der Waals surface area contributed by atoms with Crippen molar-refractivity contribution < 1.29 is 0 Å². The van der Waals surface area contributed by atoms with E-state index in [1.165, 1.54) is 27.6 Å². The lowest BCUT2D eigenvalue weighted by Crippen LogP contribution is -2.51. The molecule has 0 radical (unpaired) electrons. The molecule has 1 aliphatic heterocycles. The summed E-state index contributed by atoms with van der Waals surface area (Å²) in [6.45, 7) is 0.964. The second-order valence-corrected chi connectivity index (χ2v) is 6.56. The summed E-state index contributed by atoms with van der Waals surface area (Å²) in [6, 6.07) is 7.23. The number of likely N-dealkylation sites (N-methyl/N-ethyl adjacent to an activating group) is 1. The monoisotopic (exact) mass is 312 g/mol. The Bertz CT molecular complexity index is 776. The first-order chi connectivity index (χ1) is 10.7. The molecule has 2 heterocycles. The van der Waals surface area contributed by atoms with Gasteiger partial charge in [-0.1, -0.05) is 18.2 Å². The standard InChI is InChI=1S/C17H20N4S/c1-18-17(22)20-11-7-13-12-4-3-5-14-16(12)10(8-19-14)6-15(13)21(2)9-11/h3-5,7-8,11,15,19H,6,9H2,1-2H3,(H2,18,20,22)/t11-,15+/m0/s1. The first kappa shape index (κ1) is 13.8. The Morgan fingerprint density at radius 1 is 1.41 bits per heavy atom. The van der Waals surface area contributed by atoms with Crippen LogP contribution in [0.15, 0.2) is 30.5 Å². The molecular weight excluding hydrogens is 292 g/mol. The minimum Gasteiger partial charge on any atom is -0.366 e. The predicted molar refractivity (Wildman–Crippen MR) is 95.0 cm³/mol. The van der Waals surface area contributed by atoms with Crippen LogP contribution in [0, 0.1) is 0 Å². The van der Waals surface area contributed by atoms with Crippen LogP contribution >= 0.6 is 12.2 Å². The molecule has 0 amide bonds. The van der Waals surface area contributed by atoms with Crippen LogP contribution in [0.5, 0.6) is 0 Å². The van der Waals surface area contributed by atoms with Crippen LogP contribution in [0.2, 0.25) is 0 Å². The van der Waals surface area contributed by atoms with Crippen LogP contribution in [-0.2, 0) is 6.42 Å². The quantitative estimate of drug-likeness (QED) is 0.704. The molecule has 1 aromatic heterocycles. The summed E-state index contributed by atoms with van der Waals surface area (Å²) in [5.74, 6) is 0. The lowest BCUT2D eigenvalue weighted by molar-refractivity contribution is 0.262. The average molecular weight is 312 g/mol. The van der Waals surface area contributed by atoms with E-state index in [0.29, 0.717) is 11.2 Å². The zero-order valence-corrected chi connectivity index (χ0v) is 13.6. The molecule has 5 heteroatoms. The Balaban J connectivity index is 1.81. The van der Waals surface area contributed by atoms with Crippen LogP contribution in [0.1, 0.15) is 11.1 Å². The van der Waals surface area contributed by atoms with Crippen molar-refractivity contribution in [2.24, 2.45) is 0 Å². The molecule has 1 aliphatic carbocycles. The molecule has 0 fully saturated rings. The maximum Gasteiger partial charge on any atom is 0.166 e. The Hall–Kier alpha value is -1.85. The van der Waals surface area contributed by atoms with Gasteiger partial charge in [0, 0.05) is 36.7 Å². The Kier molecular flexibility index (Phi) is 3.20. The van der Waals surface area contributed by atoms with Gasteiger partial charge in [-0.25, -0.2) is 0 Å². The van der Waals surface area contributed by atoms with Crippen molar-refractivity contribution in [1.82, 2.24) is 20.5 Å². The lowest BCUT2D eigenvalue weighted by Gasteiger charge is -2.40. The van der Waals surface area contributed by atoms with E-state index < -0.39 is 0 Å². The third-order valence-electron chi connectivity index (χ3n) is 4.81. The third kappa shape index (κ3) is 2.04. The summed E-state index contributed by atoms with van der Waals surface area (Å²) >= 11 is 5.26. The number of hydrogen-bond donors (Lipinski definition) is 3. The van der Waals surface area contributed by atoms with E-state index in [1.807, 2.05) is 7.05 Å². The van der Waals surface area contributed by atoms with Crippen LogP contribution in [0.3, 0.4) is 0 Å². The number of nitrogens with one attached hydrogen (secondary N) is 3. The Labute approximate surface area is 135 Å². The smallest absolute Gasteiger partial charge is 0.166 e. The predicted octanol–water partition coefficient (Wildman–Crippen LogP) is 1.88. The fraction of sp³-hybridized carbons (Fsp3) is 0.353. The summed E-state index contributed by atoms with van der Waals surface area (Å²) in [6.07, 6.45) is 5.60. The fourth-order valence-electron chi connectivity index (χ4n) is 3.78. The number of aromatic nitrogens is 1. The van der Waals surface area contributed by atoms with Crippen LogP contribution in [0.25, 0.3) is 16.5 Å². The molecule has 3 N–H and O–H groups in total. The summed E-state index contributed by atoms with van der Waals surface area (Å²) in [7, 11) is 4.05. The van der Waals surface area contributed by atoms with Gasteiger partial charge in [0.1, 0.15) is 0 Å². The van der Waals surface area contributed by atoms with Crippen LogP contribution in [-0.4, -0.2) is 47.7 Å². The maximum absolute atomic E-state index is 5.26. The lowest BCUT2D eigenvalue weighted by atomic mass is 9.81. The summed E-state index contributed by atoms with van der Waals surface area (Å²) in [5, 5.41) is 8.46. The highest BCUT2D eigenvalue weighted by Gasteiger charge is 2.33. The van der Waals surface area contributed by atoms with E-state index in [4.69, 9.17) is 12.2 Å². The van der Waals surface area contributed by atoms with Gasteiger partial charge in [0.2, 0.25) is 0 Å². The van der Waals surface area contributed by atoms with Gasteiger partial charge in [-0.05, 0) is 48.5 Å². The highest BCUT2D eigenvalue weighted by Crippen LogP contribution is 2.39. The van der Waals surface area contributed by atoms with Gasteiger partial charge in [-0.15, -0.1) is 0 Å². The topological polar surface area (TPSA) is 43.1 Å². The molecule has 4 nitrogen and oxygen atoms in total. The summed E-state index contributed by atoms with van der Waals surface area (Å²) in [5.41, 5.74) is 5.44. The number of fused-ring (bicyclic) bond motifs is 2.